The molecule has 0 fully saturated rings. The predicted octanol–water partition coefficient (Wildman–Crippen LogP) is 3.42. The fraction of sp³-hybridized carbons (Fsp3) is 0.727. The molecule has 0 spiro atoms. The SMILES string of the molecule is CCCCCC=COC(=O)CCC. The maximum absolute atomic E-state index is 10.9. The Morgan fingerprint density at radius 2 is 2.00 bits per heavy atom. The normalized spacial score (nSPS) is 10.6. The van der Waals surface area contributed by atoms with Gasteiger partial charge in [-0.1, -0.05) is 26.7 Å². The molecule has 13 heavy (non-hydrogen) atoms. The van der Waals surface area contributed by atoms with Gasteiger partial charge < -0.3 is 4.74 Å². The van der Waals surface area contributed by atoms with Gasteiger partial charge in [0.2, 0.25) is 0 Å². The molecule has 0 radical (unpaired) electrons. The predicted molar refractivity (Wildman–Crippen MR) is 54.3 cm³/mol. The molecule has 0 atom stereocenters. The van der Waals surface area contributed by atoms with Crippen molar-refractivity contribution in [3.63, 3.8) is 0 Å². The van der Waals surface area contributed by atoms with E-state index < -0.39 is 0 Å². The minimum atomic E-state index is -0.130. The van der Waals surface area contributed by atoms with Gasteiger partial charge in [0.05, 0.1) is 6.26 Å². The van der Waals surface area contributed by atoms with Crippen LogP contribution in [0.5, 0.6) is 0 Å². The molecule has 76 valence electrons. The van der Waals surface area contributed by atoms with Crippen LogP contribution in [0, 0.1) is 0 Å². The Kier molecular flexibility index (Phi) is 8.73. The zero-order valence-electron chi connectivity index (χ0n) is 8.71. The quantitative estimate of drug-likeness (QED) is 0.344. The number of unbranched alkanes of at least 4 members (excludes halogenated alkanes) is 3. The van der Waals surface area contributed by atoms with Crippen molar-refractivity contribution < 1.29 is 9.53 Å². The molecule has 0 rings (SSSR count). The van der Waals surface area contributed by atoms with E-state index in [9.17, 15) is 4.79 Å². The van der Waals surface area contributed by atoms with Crippen molar-refractivity contribution in [1.29, 1.82) is 0 Å². The summed E-state index contributed by atoms with van der Waals surface area (Å²) >= 11 is 0. The van der Waals surface area contributed by atoms with Crippen molar-refractivity contribution >= 4 is 5.97 Å². The molecule has 0 saturated carbocycles. The summed E-state index contributed by atoms with van der Waals surface area (Å²) < 4.78 is 4.84. The maximum Gasteiger partial charge on any atom is 0.310 e. The molecule has 0 unspecified atom stereocenters. The number of hydrogen-bond acceptors (Lipinski definition) is 2. The molecule has 0 bridgehead atoms. The van der Waals surface area contributed by atoms with Crippen LogP contribution in [-0.2, 0) is 9.53 Å². The minimum absolute atomic E-state index is 0.130. The van der Waals surface area contributed by atoms with E-state index in [0.29, 0.717) is 6.42 Å². The molecule has 0 aliphatic heterocycles. The smallest absolute Gasteiger partial charge is 0.310 e. The first-order valence-corrected chi connectivity index (χ1v) is 5.15. The first kappa shape index (κ1) is 12.2. The average molecular weight is 184 g/mol. The van der Waals surface area contributed by atoms with Crippen LogP contribution in [0.3, 0.4) is 0 Å². The van der Waals surface area contributed by atoms with Crippen LogP contribution in [0.2, 0.25) is 0 Å². The maximum atomic E-state index is 10.9. The van der Waals surface area contributed by atoms with Gasteiger partial charge in [0, 0.05) is 6.42 Å². The van der Waals surface area contributed by atoms with Crippen molar-refractivity contribution in [3.8, 4) is 0 Å². The summed E-state index contributed by atoms with van der Waals surface area (Å²) in [6.07, 6.45) is 9.46. The van der Waals surface area contributed by atoms with Gasteiger partial charge in [-0.05, 0) is 25.3 Å². The highest BCUT2D eigenvalue weighted by Gasteiger charge is 1.95. The summed E-state index contributed by atoms with van der Waals surface area (Å²) in [6.45, 7) is 4.14. The lowest BCUT2D eigenvalue weighted by atomic mass is 10.2. The zero-order valence-corrected chi connectivity index (χ0v) is 8.71. The second-order valence-corrected chi connectivity index (χ2v) is 3.11. The number of carbonyl (C=O) groups excluding carboxylic acids is 1. The number of allylic oxidation sites excluding steroid dienone is 1. The molecular formula is C11H20O2. The Balaban J connectivity index is 3.25. The third-order valence-electron chi connectivity index (χ3n) is 1.72. The van der Waals surface area contributed by atoms with Gasteiger partial charge in [0.25, 0.3) is 0 Å². The fourth-order valence-corrected chi connectivity index (χ4v) is 0.967. The van der Waals surface area contributed by atoms with E-state index >= 15 is 0 Å². The summed E-state index contributed by atoms with van der Waals surface area (Å²) in [5, 5.41) is 0. The van der Waals surface area contributed by atoms with Crippen LogP contribution in [0.15, 0.2) is 12.3 Å². The van der Waals surface area contributed by atoms with Gasteiger partial charge in [-0.3, -0.25) is 4.79 Å². The van der Waals surface area contributed by atoms with E-state index in [-0.39, 0.29) is 5.97 Å². The van der Waals surface area contributed by atoms with Gasteiger partial charge in [-0.15, -0.1) is 0 Å². The van der Waals surface area contributed by atoms with Crippen LogP contribution in [0.4, 0.5) is 0 Å². The van der Waals surface area contributed by atoms with E-state index in [1.54, 1.807) is 0 Å². The monoisotopic (exact) mass is 184 g/mol. The zero-order chi connectivity index (χ0) is 9.94. The summed E-state index contributed by atoms with van der Waals surface area (Å²) in [7, 11) is 0. The highest BCUT2D eigenvalue weighted by Crippen LogP contribution is 2.00. The molecule has 0 amide bonds. The van der Waals surface area contributed by atoms with Crippen LogP contribution in [0.25, 0.3) is 0 Å². The Hall–Kier alpha value is -0.790. The molecule has 0 heterocycles. The molecule has 0 N–H and O–H groups in total. The highest BCUT2D eigenvalue weighted by molar-refractivity contribution is 5.69. The molecule has 0 aliphatic carbocycles. The highest BCUT2D eigenvalue weighted by atomic mass is 16.5. The Morgan fingerprint density at radius 3 is 2.62 bits per heavy atom. The molecule has 0 aromatic heterocycles. The number of ether oxygens (including phenoxy) is 1. The number of carbonyl (C=O) groups is 1. The second-order valence-electron chi connectivity index (χ2n) is 3.11. The molecule has 2 nitrogen and oxygen atoms in total. The summed E-state index contributed by atoms with van der Waals surface area (Å²) in [5.41, 5.74) is 0. The summed E-state index contributed by atoms with van der Waals surface area (Å²) in [5.74, 6) is -0.130. The van der Waals surface area contributed by atoms with E-state index in [0.717, 1.165) is 12.8 Å². The third kappa shape index (κ3) is 9.12. The Morgan fingerprint density at radius 1 is 1.23 bits per heavy atom. The topological polar surface area (TPSA) is 26.3 Å². The fourth-order valence-electron chi connectivity index (χ4n) is 0.967. The van der Waals surface area contributed by atoms with E-state index in [4.69, 9.17) is 4.74 Å². The van der Waals surface area contributed by atoms with E-state index in [1.807, 2.05) is 13.0 Å². The minimum Gasteiger partial charge on any atom is -0.435 e. The van der Waals surface area contributed by atoms with Crippen molar-refractivity contribution in [3.05, 3.63) is 12.3 Å². The first-order valence-electron chi connectivity index (χ1n) is 5.15. The molecule has 0 aromatic rings. The van der Waals surface area contributed by atoms with Crippen molar-refractivity contribution in [2.45, 2.75) is 52.4 Å². The second kappa shape index (κ2) is 9.30. The molecule has 2 heteroatoms. The van der Waals surface area contributed by atoms with Crippen molar-refractivity contribution in [2.75, 3.05) is 0 Å². The largest absolute Gasteiger partial charge is 0.435 e. The molecular weight excluding hydrogens is 164 g/mol. The lowest BCUT2D eigenvalue weighted by Gasteiger charge is -1.95. The average Bonchev–Trinajstić information content (AvgIpc) is 2.11. The first-order chi connectivity index (χ1) is 6.31. The van der Waals surface area contributed by atoms with Gasteiger partial charge >= 0.3 is 5.97 Å². The van der Waals surface area contributed by atoms with Crippen LogP contribution < -0.4 is 0 Å². The Bertz CT molecular complexity index is 150. The van der Waals surface area contributed by atoms with Crippen LogP contribution in [0.1, 0.15) is 52.4 Å². The van der Waals surface area contributed by atoms with Gasteiger partial charge in [-0.25, -0.2) is 0 Å². The number of rotatable bonds is 7. The Labute approximate surface area is 81.0 Å². The molecule has 0 aliphatic rings. The molecule has 0 saturated heterocycles. The summed E-state index contributed by atoms with van der Waals surface area (Å²) in [6, 6.07) is 0. The van der Waals surface area contributed by atoms with Crippen LogP contribution >= 0.6 is 0 Å². The number of hydrogen-bond donors (Lipinski definition) is 0. The molecule has 0 aromatic carbocycles. The number of esters is 1. The van der Waals surface area contributed by atoms with Crippen molar-refractivity contribution in [2.24, 2.45) is 0 Å². The summed E-state index contributed by atoms with van der Waals surface area (Å²) in [4.78, 5) is 10.9. The van der Waals surface area contributed by atoms with E-state index in [1.165, 1.54) is 25.5 Å². The standard InChI is InChI=1S/C11H20O2/c1-3-5-6-7-8-10-13-11(12)9-4-2/h8,10H,3-7,9H2,1-2H3. The lowest BCUT2D eigenvalue weighted by molar-refractivity contribution is -0.138. The van der Waals surface area contributed by atoms with Gasteiger partial charge in [0.1, 0.15) is 0 Å². The van der Waals surface area contributed by atoms with Crippen molar-refractivity contribution in [1.82, 2.24) is 0 Å². The van der Waals surface area contributed by atoms with Gasteiger partial charge in [0.15, 0.2) is 0 Å². The third-order valence-corrected chi connectivity index (χ3v) is 1.72. The lowest BCUT2D eigenvalue weighted by Crippen LogP contribution is -1.97. The van der Waals surface area contributed by atoms with Crippen LogP contribution in [-0.4, -0.2) is 5.97 Å². The van der Waals surface area contributed by atoms with E-state index in [2.05, 4.69) is 6.92 Å². The van der Waals surface area contributed by atoms with Gasteiger partial charge in [-0.2, -0.15) is 0 Å².